The lowest BCUT2D eigenvalue weighted by Gasteiger charge is -1.98. The van der Waals surface area contributed by atoms with Crippen molar-refractivity contribution in [3.63, 3.8) is 0 Å². The van der Waals surface area contributed by atoms with Crippen molar-refractivity contribution in [3.8, 4) is 0 Å². The lowest BCUT2D eigenvalue weighted by Crippen LogP contribution is -2.11. The molecule has 1 aliphatic heterocycles. The van der Waals surface area contributed by atoms with Crippen LogP contribution in [-0.4, -0.2) is 11.6 Å². The van der Waals surface area contributed by atoms with E-state index in [1.54, 1.807) is 24.4 Å². The van der Waals surface area contributed by atoms with Crippen LogP contribution in [0.15, 0.2) is 51.8 Å². The third kappa shape index (κ3) is 2.43. The van der Waals surface area contributed by atoms with Gasteiger partial charge in [0.2, 0.25) is 11.6 Å². The summed E-state index contributed by atoms with van der Waals surface area (Å²) in [6, 6.07) is 10.0. The fourth-order valence-corrected chi connectivity index (χ4v) is 1.08. The molecule has 2 rings (SSSR count). The Kier molecular flexibility index (Phi) is 2.78. The van der Waals surface area contributed by atoms with Crippen molar-refractivity contribution >= 4 is 17.3 Å². The van der Waals surface area contributed by atoms with Crippen molar-refractivity contribution in [1.29, 1.82) is 0 Å². The van der Waals surface area contributed by atoms with Crippen LogP contribution in [0.25, 0.3) is 0 Å². The molecule has 73 valence electrons. The first-order valence-corrected chi connectivity index (χ1v) is 4.51. The maximum atomic E-state index is 11.3. The molecule has 0 aromatic heterocycles. The number of carbonyl (C=O) groups excluding carboxylic acids is 1. The molecule has 0 spiro atoms. The third-order valence-electron chi connectivity index (χ3n) is 1.80. The Labute approximate surface area is 87.1 Å². The monoisotopic (exact) mass is 198 g/mol. The van der Waals surface area contributed by atoms with Gasteiger partial charge in [-0.25, -0.2) is 4.99 Å². The Bertz CT molecular complexity index is 446. The molecule has 0 N–H and O–H groups in total. The van der Waals surface area contributed by atoms with Gasteiger partial charge in [0.25, 0.3) is 0 Å². The molecule has 1 radical (unpaired) electrons. The van der Waals surface area contributed by atoms with Crippen LogP contribution in [-0.2, 0) is 4.79 Å². The van der Waals surface area contributed by atoms with Crippen LogP contribution >= 0.6 is 0 Å². The van der Waals surface area contributed by atoms with Crippen LogP contribution in [0.5, 0.6) is 0 Å². The molecular weight excluding hydrogens is 190 g/mol. The summed E-state index contributed by atoms with van der Waals surface area (Å²) in [6.45, 7) is 0. The molecule has 1 heterocycles. The molecule has 0 bridgehead atoms. The summed E-state index contributed by atoms with van der Waals surface area (Å²) in [4.78, 5) is 15.1. The molecule has 0 amide bonds. The maximum Gasteiger partial charge on any atom is 0.218 e. The first kappa shape index (κ1) is 9.45. The van der Waals surface area contributed by atoms with Gasteiger partial charge in [0, 0.05) is 18.7 Å². The van der Waals surface area contributed by atoms with Gasteiger partial charge >= 0.3 is 0 Å². The van der Waals surface area contributed by atoms with E-state index < -0.39 is 0 Å². The Morgan fingerprint density at radius 1 is 1.33 bits per heavy atom. The predicted octanol–water partition coefficient (Wildman–Crippen LogP) is 2.46. The maximum absolute atomic E-state index is 11.3. The minimum absolute atomic E-state index is 0.114. The van der Waals surface area contributed by atoms with E-state index in [0.717, 1.165) is 0 Å². The van der Waals surface area contributed by atoms with Crippen molar-refractivity contribution in [3.05, 3.63) is 42.6 Å². The molecule has 0 unspecified atom stereocenters. The third-order valence-corrected chi connectivity index (χ3v) is 1.80. The number of rotatable bonds is 1. The molecule has 0 saturated heterocycles. The Hall–Kier alpha value is -2.10. The fourth-order valence-electron chi connectivity index (χ4n) is 1.08. The summed E-state index contributed by atoms with van der Waals surface area (Å²) < 4.78 is 0. The first-order chi connectivity index (χ1) is 7.36. The number of azo groups is 1. The summed E-state index contributed by atoms with van der Waals surface area (Å²) in [5.74, 6) is 0.0342. The minimum Gasteiger partial charge on any atom is -0.290 e. The summed E-state index contributed by atoms with van der Waals surface area (Å²) in [7, 11) is 0. The van der Waals surface area contributed by atoms with Crippen molar-refractivity contribution in [2.45, 2.75) is 6.42 Å². The van der Waals surface area contributed by atoms with Gasteiger partial charge in [-0.2, -0.15) is 0 Å². The number of carbonyl (C=O) groups is 1. The largest absolute Gasteiger partial charge is 0.290 e. The number of amidine groups is 1. The second-order valence-electron chi connectivity index (χ2n) is 2.91. The van der Waals surface area contributed by atoms with E-state index >= 15 is 0 Å². The molecule has 0 saturated carbocycles. The van der Waals surface area contributed by atoms with E-state index in [9.17, 15) is 4.79 Å². The topological polar surface area (TPSA) is 54.1 Å². The zero-order chi connectivity index (χ0) is 10.5. The zero-order valence-corrected chi connectivity index (χ0v) is 7.92. The van der Waals surface area contributed by atoms with Crippen LogP contribution in [0.4, 0.5) is 5.69 Å². The van der Waals surface area contributed by atoms with Crippen molar-refractivity contribution in [2.24, 2.45) is 15.2 Å². The number of ketones is 1. The summed E-state index contributed by atoms with van der Waals surface area (Å²) >= 11 is 0. The van der Waals surface area contributed by atoms with Gasteiger partial charge in [-0.15, -0.1) is 10.2 Å². The Morgan fingerprint density at radius 3 is 3.00 bits per heavy atom. The smallest absolute Gasteiger partial charge is 0.218 e. The van der Waals surface area contributed by atoms with E-state index in [-0.39, 0.29) is 11.6 Å². The molecule has 1 aromatic carbocycles. The highest BCUT2D eigenvalue weighted by atomic mass is 16.1. The van der Waals surface area contributed by atoms with Gasteiger partial charge in [0.1, 0.15) is 0 Å². The quantitative estimate of drug-likeness (QED) is 0.639. The zero-order valence-electron chi connectivity index (χ0n) is 7.92. The van der Waals surface area contributed by atoms with Crippen LogP contribution in [0.2, 0.25) is 0 Å². The van der Waals surface area contributed by atoms with E-state index in [0.29, 0.717) is 12.1 Å². The lowest BCUT2D eigenvalue weighted by atomic mass is 10.2. The van der Waals surface area contributed by atoms with Gasteiger partial charge in [0.05, 0.1) is 5.69 Å². The highest BCUT2D eigenvalue weighted by molar-refractivity contribution is 6.40. The number of benzene rings is 1. The molecule has 0 aliphatic carbocycles. The second kappa shape index (κ2) is 4.41. The van der Waals surface area contributed by atoms with Crippen LogP contribution in [0.1, 0.15) is 6.42 Å². The molecule has 1 aromatic rings. The SMILES string of the molecule is O=C1CC=CN=C1N=Nc1[c]cccc1. The molecule has 15 heavy (non-hydrogen) atoms. The average molecular weight is 198 g/mol. The van der Waals surface area contributed by atoms with Gasteiger partial charge in [-0.05, 0) is 6.07 Å². The summed E-state index contributed by atoms with van der Waals surface area (Å²) in [5, 5.41) is 7.64. The van der Waals surface area contributed by atoms with Gasteiger partial charge < -0.3 is 0 Å². The van der Waals surface area contributed by atoms with Crippen molar-refractivity contribution < 1.29 is 4.79 Å². The van der Waals surface area contributed by atoms with Crippen molar-refractivity contribution in [2.75, 3.05) is 0 Å². The van der Waals surface area contributed by atoms with Crippen LogP contribution in [0, 0.1) is 6.07 Å². The minimum atomic E-state index is -0.114. The molecule has 0 fully saturated rings. The highest BCUT2D eigenvalue weighted by Gasteiger charge is 2.10. The van der Waals surface area contributed by atoms with Gasteiger partial charge in [-0.1, -0.05) is 24.3 Å². The Balaban J connectivity index is 2.15. The number of hydrogen-bond acceptors (Lipinski definition) is 4. The molecule has 4 nitrogen and oxygen atoms in total. The molecule has 0 atom stereocenters. The molecule has 4 heteroatoms. The van der Waals surface area contributed by atoms with E-state index in [1.807, 2.05) is 12.1 Å². The number of allylic oxidation sites excluding steroid dienone is 1. The number of nitrogens with zero attached hydrogens (tertiary/aromatic N) is 3. The average Bonchev–Trinajstić information content (AvgIpc) is 2.29. The standard InChI is InChI=1S/C11H8N3O/c15-10-7-4-8-12-11(10)14-13-9-5-2-1-3-6-9/h1-5,8H,7H2. The fraction of sp³-hybridized carbons (Fsp3) is 0.0909. The van der Waals surface area contributed by atoms with E-state index in [4.69, 9.17) is 0 Å². The van der Waals surface area contributed by atoms with E-state index in [1.165, 1.54) is 0 Å². The lowest BCUT2D eigenvalue weighted by molar-refractivity contribution is -0.112. The number of hydrogen-bond donors (Lipinski definition) is 0. The normalized spacial score (nSPS) is 15.7. The molecular formula is C11H8N3O. The Morgan fingerprint density at radius 2 is 2.27 bits per heavy atom. The molecule has 1 aliphatic rings. The van der Waals surface area contributed by atoms with Gasteiger partial charge in [-0.3, -0.25) is 4.79 Å². The van der Waals surface area contributed by atoms with Crippen LogP contribution < -0.4 is 0 Å². The van der Waals surface area contributed by atoms with E-state index in [2.05, 4.69) is 21.3 Å². The number of aliphatic imine (C=N–C) groups is 1. The summed E-state index contributed by atoms with van der Waals surface area (Å²) in [6.07, 6.45) is 3.59. The van der Waals surface area contributed by atoms with Crippen LogP contribution in [0.3, 0.4) is 0 Å². The second-order valence-corrected chi connectivity index (χ2v) is 2.91. The highest BCUT2D eigenvalue weighted by Crippen LogP contribution is 2.10. The predicted molar refractivity (Wildman–Crippen MR) is 56.0 cm³/mol. The van der Waals surface area contributed by atoms with Crippen molar-refractivity contribution in [1.82, 2.24) is 0 Å². The first-order valence-electron chi connectivity index (χ1n) is 4.51. The van der Waals surface area contributed by atoms with Gasteiger partial charge in [0.15, 0.2) is 0 Å². The summed E-state index contributed by atoms with van der Waals surface area (Å²) in [5.41, 5.74) is 0.586. The number of Topliss-reactive ketones (excluding diaryl/α,β-unsaturated/α-hetero) is 1.